The van der Waals surface area contributed by atoms with E-state index in [-0.39, 0.29) is 5.16 Å². The summed E-state index contributed by atoms with van der Waals surface area (Å²) in [6, 6.07) is 35.0. The maximum atomic E-state index is 12.0. The van der Waals surface area contributed by atoms with Gasteiger partial charge in [0, 0.05) is 23.7 Å². The highest BCUT2D eigenvalue weighted by atomic mass is 31.1. The minimum Gasteiger partial charge on any atom is -0.507 e. The van der Waals surface area contributed by atoms with Crippen LogP contribution in [0.2, 0.25) is 0 Å². The second-order valence-corrected chi connectivity index (χ2v) is 13.5. The molecule has 1 saturated heterocycles. The second kappa shape index (κ2) is 14.3. The average Bonchev–Trinajstić information content (AvgIpc) is 3.01. The Morgan fingerprint density at radius 3 is 2.00 bits per heavy atom. The molecular weight excluding hydrogens is 517 g/mol. The first-order valence-electron chi connectivity index (χ1n) is 15.6. The van der Waals surface area contributed by atoms with Gasteiger partial charge < -0.3 is 5.11 Å². The first-order chi connectivity index (χ1) is 20.1. The van der Waals surface area contributed by atoms with Crippen LogP contribution in [0.3, 0.4) is 0 Å². The zero-order valence-electron chi connectivity index (χ0n) is 24.9. The number of phenols is 1. The normalized spacial score (nSPS) is 15.8. The van der Waals surface area contributed by atoms with Crippen LogP contribution >= 0.6 is 8.58 Å². The van der Waals surface area contributed by atoms with E-state index in [9.17, 15) is 5.11 Å². The van der Waals surface area contributed by atoms with Gasteiger partial charge in [0.15, 0.2) is 0 Å². The van der Waals surface area contributed by atoms with E-state index in [0.29, 0.717) is 14.3 Å². The molecule has 1 heterocycles. The molecule has 3 heteroatoms. The van der Waals surface area contributed by atoms with Crippen molar-refractivity contribution >= 4 is 13.9 Å². The van der Waals surface area contributed by atoms with E-state index in [1.165, 1.54) is 59.9 Å². The van der Waals surface area contributed by atoms with Crippen LogP contribution < -0.4 is 5.30 Å². The molecule has 4 aromatic carbocycles. The molecule has 0 aromatic heterocycles. The molecular formula is C38H46NOP. The van der Waals surface area contributed by atoms with Gasteiger partial charge in [0.2, 0.25) is 0 Å². The van der Waals surface area contributed by atoms with Gasteiger partial charge in [0.05, 0.1) is 0 Å². The van der Waals surface area contributed by atoms with Gasteiger partial charge in [-0.3, -0.25) is 4.90 Å². The lowest BCUT2D eigenvalue weighted by molar-refractivity contribution is 0.221. The summed E-state index contributed by atoms with van der Waals surface area (Å²) >= 11 is 0. The highest BCUT2D eigenvalue weighted by molar-refractivity contribution is 7.48. The van der Waals surface area contributed by atoms with E-state index in [1.807, 2.05) is 0 Å². The van der Waals surface area contributed by atoms with Gasteiger partial charge in [0.1, 0.15) is 5.75 Å². The molecule has 0 spiro atoms. The third-order valence-corrected chi connectivity index (χ3v) is 10.9. The molecule has 1 N–H and O–H groups in total. The summed E-state index contributed by atoms with van der Waals surface area (Å²) in [6.07, 6.45) is 8.75. The molecule has 2 unspecified atom stereocenters. The molecule has 1 aliphatic heterocycles. The third kappa shape index (κ3) is 7.48. The highest BCUT2D eigenvalue weighted by Crippen LogP contribution is 2.52. The van der Waals surface area contributed by atoms with Crippen molar-refractivity contribution < 1.29 is 5.11 Å². The van der Waals surface area contributed by atoms with Crippen molar-refractivity contribution in [2.45, 2.75) is 76.9 Å². The second-order valence-electron chi connectivity index (χ2n) is 11.8. The zero-order valence-corrected chi connectivity index (χ0v) is 25.9. The fraction of sp³-hybridized carbons (Fsp3) is 0.368. The summed E-state index contributed by atoms with van der Waals surface area (Å²) in [5, 5.41) is 13.4. The summed E-state index contributed by atoms with van der Waals surface area (Å²) in [5.41, 5.74) is 7.48. The summed E-state index contributed by atoms with van der Waals surface area (Å²) in [5.74, 6) is 0.502. The minimum absolute atomic E-state index is 0.102. The van der Waals surface area contributed by atoms with Gasteiger partial charge >= 0.3 is 0 Å². The molecule has 4 aromatic rings. The Labute approximate surface area is 249 Å². The lowest BCUT2D eigenvalue weighted by Crippen LogP contribution is -2.31. The predicted octanol–water partition coefficient (Wildman–Crippen LogP) is 8.97. The Morgan fingerprint density at radius 2 is 1.34 bits per heavy atom. The number of hydrogen-bond acceptors (Lipinski definition) is 2. The number of phenolic OH excluding ortho intramolecular Hbond substituents is 1. The first-order valence-corrected chi connectivity index (χ1v) is 16.6. The van der Waals surface area contributed by atoms with E-state index >= 15 is 0 Å². The maximum Gasteiger partial charge on any atom is 0.123 e. The van der Waals surface area contributed by atoms with Gasteiger partial charge in [-0.1, -0.05) is 132 Å². The molecule has 41 heavy (non-hydrogen) atoms. The molecule has 0 aliphatic carbocycles. The summed E-state index contributed by atoms with van der Waals surface area (Å²) < 4.78 is 0. The van der Waals surface area contributed by atoms with Gasteiger partial charge in [0.25, 0.3) is 0 Å². The van der Waals surface area contributed by atoms with Crippen LogP contribution in [0.15, 0.2) is 97.1 Å². The van der Waals surface area contributed by atoms with E-state index < -0.39 is 0 Å². The number of piperidine rings is 1. The van der Waals surface area contributed by atoms with Crippen LogP contribution in [0.25, 0.3) is 0 Å². The minimum atomic E-state index is -0.102. The van der Waals surface area contributed by atoms with Crippen LogP contribution in [0.5, 0.6) is 5.75 Å². The smallest absolute Gasteiger partial charge is 0.123 e. The Balaban J connectivity index is 1.57. The van der Waals surface area contributed by atoms with Crippen molar-refractivity contribution in [1.82, 2.24) is 4.90 Å². The van der Waals surface area contributed by atoms with Crippen molar-refractivity contribution in [2.75, 3.05) is 13.1 Å². The topological polar surface area (TPSA) is 23.5 Å². The van der Waals surface area contributed by atoms with Crippen molar-refractivity contribution in [3.63, 3.8) is 0 Å². The van der Waals surface area contributed by atoms with E-state index in [4.69, 9.17) is 0 Å². The molecule has 0 saturated carbocycles. The number of benzene rings is 4. The molecule has 0 radical (unpaired) electrons. The summed E-state index contributed by atoms with van der Waals surface area (Å²) in [7, 11) is 0.608. The number of nitrogens with zero attached hydrogens (tertiary/aromatic N) is 1. The molecule has 2 atom stereocenters. The Hall–Kier alpha value is -2.93. The fourth-order valence-electron chi connectivity index (χ4n) is 6.55. The number of hydrogen-bond donors (Lipinski definition) is 1. The summed E-state index contributed by atoms with van der Waals surface area (Å²) in [4.78, 5) is 2.64. The van der Waals surface area contributed by atoms with Gasteiger partial charge in [-0.2, -0.15) is 0 Å². The quantitative estimate of drug-likeness (QED) is 0.174. The third-order valence-electron chi connectivity index (χ3n) is 8.77. The van der Waals surface area contributed by atoms with Crippen LogP contribution in [0.4, 0.5) is 0 Å². The van der Waals surface area contributed by atoms with Crippen molar-refractivity contribution in [1.29, 1.82) is 0 Å². The molecule has 0 amide bonds. The standard InChI is InChI=1S/C38H46NOP/c1-3-22-38(4-2,41-36-21-13-12-20-33(36)29-39-23-14-7-15-24-39)35-28-32(25-30-16-8-5-9-17-30)27-34(37(35)40)26-31-18-10-6-11-19-31/h5-6,8-13,16-21,27-28,40-41H,3-4,7,14-15,22-26,29H2,1-2H3. The Bertz CT molecular complexity index is 1380. The molecule has 2 nitrogen and oxygen atoms in total. The fourth-order valence-corrected chi connectivity index (χ4v) is 8.45. The first kappa shape index (κ1) is 29.6. The van der Waals surface area contributed by atoms with E-state index in [0.717, 1.165) is 49.8 Å². The lowest BCUT2D eigenvalue weighted by Gasteiger charge is -2.36. The van der Waals surface area contributed by atoms with Gasteiger partial charge in [-0.25, -0.2) is 0 Å². The van der Waals surface area contributed by atoms with Crippen LogP contribution in [0, 0.1) is 0 Å². The van der Waals surface area contributed by atoms with E-state index in [1.54, 1.807) is 0 Å². The molecule has 214 valence electrons. The predicted molar refractivity (Wildman–Crippen MR) is 177 cm³/mol. The SMILES string of the molecule is CCCC(CC)(Pc1ccccc1CN1CCCCC1)c1cc(Cc2ccccc2)cc(Cc2ccccc2)c1O. The number of aromatic hydroxyl groups is 1. The monoisotopic (exact) mass is 563 g/mol. The van der Waals surface area contributed by atoms with Crippen LogP contribution in [-0.2, 0) is 24.5 Å². The van der Waals surface area contributed by atoms with Crippen molar-refractivity contribution in [3.8, 4) is 5.75 Å². The molecule has 1 aliphatic rings. The maximum absolute atomic E-state index is 12.0. The van der Waals surface area contributed by atoms with E-state index in [2.05, 4.69) is 116 Å². The zero-order chi connectivity index (χ0) is 28.5. The largest absolute Gasteiger partial charge is 0.507 e. The van der Waals surface area contributed by atoms with Gasteiger partial charge in [-0.15, -0.1) is 0 Å². The number of likely N-dealkylation sites (tertiary alicyclic amines) is 1. The van der Waals surface area contributed by atoms with Crippen molar-refractivity contribution in [2.24, 2.45) is 0 Å². The molecule has 0 bridgehead atoms. The van der Waals surface area contributed by atoms with Crippen molar-refractivity contribution in [3.05, 3.63) is 130 Å². The Kier molecular flexibility index (Phi) is 10.3. The number of rotatable bonds is 12. The summed E-state index contributed by atoms with van der Waals surface area (Å²) in [6.45, 7) is 8.07. The lowest BCUT2D eigenvalue weighted by atomic mass is 9.85. The molecule has 5 rings (SSSR count). The van der Waals surface area contributed by atoms with Crippen LogP contribution in [0.1, 0.15) is 85.8 Å². The highest BCUT2D eigenvalue weighted by Gasteiger charge is 2.34. The Morgan fingerprint density at radius 1 is 0.707 bits per heavy atom. The van der Waals surface area contributed by atoms with Crippen LogP contribution in [-0.4, -0.2) is 23.1 Å². The van der Waals surface area contributed by atoms with Gasteiger partial charge in [-0.05, 0) is 78.3 Å². The average molecular weight is 564 g/mol. The molecule has 1 fully saturated rings.